The Morgan fingerprint density at radius 3 is 2.48 bits per heavy atom. The van der Waals surface area contributed by atoms with E-state index >= 15 is 0 Å². The van der Waals surface area contributed by atoms with Gasteiger partial charge in [-0.05, 0) is 32.8 Å². The molecule has 1 unspecified atom stereocenters. The number of carbonyl (C=O) groups is 3. The topological polar surface area (TPSA) is 93.1 Å². The van der Waals surface area contributed by atoms with Crippen molar-refractivity contribution in [2.45, 2.75) is 39.2 Å². The highest BCUT2D eigenvalue weighted by atomic mass is 16.6. The number of rotatable bonds is 3. The second-order valence-electron chi connectivity index (χ2n) is 5.91. The smallest absolute Gasteiger partial charge is 0.414 e. The zero-order chi connectivity index (χ0) is 16.2. The molecule has 1 N–H and O–H groups in total. The third kappa shape index (κ3) is 5.45. The minimum atomic E-state index is -1.02. The van der Waals surface area contributed by atoms with Crippen LogP contribution < -0.4 is 0 Å². The largest absolute Gasteiger partial charge is 0.481 e. The number of nitrogens with zero attached hydrogens (tertiary/aromatic N) is 1. The summed E-state index contributed by atoms with van der Waals surface area (Å²) in [5, 5.41) is 8.87. The highest BCUT2D eigenvalue weighted by Gasteiger charge is 2.32. The molecule has 0 fully saturated rings. The Labute approximate surface area is 123 Å². The molecule has 1 aliphatic rings. The minimum absolute atomic E-state index is 0.116. The number of hydrogen-bond acceptors (Lipinski definition) is 5. The van der Waals surface area contributed by atoms with Gasteiger partial charge in [0.25, 0.3) is 0 Å². The van der Waals surface area contributed by atoms with Crippen molar-refractivity contribution in [3.63, 3.8) is 0 Å². The standard InChI is InChI=1S/C14H21NO6/c1-14(2,3)21-13(19)15-7-9(6-11(16)17)5-10(8-15)12(18)20-4/h7,10H,5-6,8H2,1-4H3,(H,16,17). The fraction of sp³-hybridized carbons (Fsp3) is 0.643. The number of methoxy groups -OCH3 is 1. The van der Waals surface area contributed by atoms with Crippen LogP contribution in [0.3, 0.4) is 0 Å². The van der Waals surface area contributed by atoms with Crippen LogP contribution in [-0.4, -0.2) is 47.3 Å². The van der Waals surface area contributed by atoms with Gasteiger partial charge in [0.15, 0.2) is 0 Å². The third-order valence-corrected chi connectivity index (χ3v) is 2.80. The molecule has 1 heterocycles. The van der Waals surface area contributed by atoms with Crippen molar-refractivity contribution in [2.75, 3.05) is 13.7 Å². The molecule has 1 atom stereocenters. The lowest BCUT2D eigenvalue weighted by Gasteiger charge is -2.31. The summed E-state index contributed by atoms with van der Waals surface area (Å²) in [7, 11) is 1.26. The number of aliphatic carboxylic acids is 1. The van der Waals surface area contributed by atoms with Gasteiger partial charge >= 0.3 is 18.0 Å². The first-order valence-corrected chi connectivity index (χ1v) is 6.61. The average Bonchev–Trinajstić information content (AvgIpc) is 2.34. The maximum atomic E-state index is 12.1. The van der Waals surface area contributed by atoms with Gasteiger partial charge in [0.2, 0.25) is 0 Å². The summed E-state index contributed by atoms with van der Waals surface area (Å²) < 4.78 is 9.91. The van der Waals surface area contributed by atoms with Gasteiger partial charge in [0, 0.05) is 12.7 Å². The van der Waals surface area contributed by atoms with E-state index in [1.807, 2.05) is 0 Å². The van der Waals surface area contributed by atoms with Crippen LogP contribution in [0.5, 0.6) is 0 Å². The summed E-state index contributed by atoms with van der Waals surface area (Å²) in [5.74, 6) is -2.07. The Morgan fingerprint density at radius 1 is 1.38 bits per heavy atom. The number of esters is 1. The normalized spacial score (nSPS) is 18.8. The van der Waals surface area contributed by atoms with E-state index in [0.717, 1.165) is 0 Å². The quantitative estimate of drug-likeness (QED) is 0.798. The summed E-state index contributed by atoms with van der Waals surface area (Å²) in [6.45, 7) is 5.31. The third-order valence-electron chi connectivity index (χ3n) is 2.80. The van der Waals surface area contributed by atoms with Gasteiger partial charge in [-0.25, -0.2) is 4.79 Å². The first kappa shape index (κ1) is 17.0. The Morgan fingerprint density at radius 2 is 2.00 bits per heavy atom. The van der Waals surface area contributed by atoms with Crippen LogP contribution in [0, 0.1) is 5.92 Å². The molecule has 1 amide bonds. The SMILES string of the molecule is COC(=O)C1CC(CC(=O)O)=CN(C(=O)OC(C)(C)C)C1. The van der Waals surface area contributed by atoms with Crippen LogP contribution >= 0.6 is 0 Å². The lowest BCUT2D eigenvalue weighted by atomic mass is 9.94. The molecule has 0 saturated heterocycles. The van der Waals surface area contributed by atoms with E-state index in [0.29, 0.717) is 5.57 Å². The number of carboxylic acid groups (broad SMARTS) is 1. The molecule has 0 aromatic rings. The van der Waals surface area contributed by atoms with Crippen LogP contribution in [0.25, 0.3) is 0 Å². The molecule has 21 heavy (non-hydrogen) atoms. The molecule has 1 rings (SSSR count). The Kier molecular flexibility index (Phi) is 5.34. The highest BCUT2D eigenvalue weighted by Crippen LogP contribution is 2.25. The van der Waals surface area contributed by atoms with Gasteiger partial charge in [0.1, 0.15) is 5.60 Å². The molecule has 0 radical (unpaired) electrons. The molecule has 7 nitrogen and oxygen atoms in total. The highest BCUT2D eigenvalue weighted by molar-refractivity contribution is 5.77. The predicted octanol–water partition coefficient (Wildman–Crippen LogP) is 1.78. The van der Waals surface area contributed by atoms with Crippen molar-refractivity contribution in [1.29, 1.82) is 0 Å². The van der Waals surface area contributed by atoms with Crippen LogP contribution in [0.1, 0.15) is 33.6 Å². The molecule has 7 heteroatoms. The average molecular weight is 299 g/mol. The van der Waals surface area contributed by atoms with Crippen LogP contribution in [0.2, 0.25) is 0 Å². The molecule has 1 aliphatic heterocycles. The maximum Gasteiger partial charge on any atom is 0.414 e. The summed E-state index contributed by atoms with van der Waals surface area (Å²) >= 11 is 0. The first-order valence-electron chi connectivity index (χ1n) is 6.61. The minimum Gasteiger partial charge on any atom is -0.481 e. The molecule has 0 spiro atoms. The number of amides is 1. The number of carboxylic acids is 1. The summed E-state index contributed by atoms with van der Waals surface area (Å²) in [6, 6.07) is 0. The summed E-state index contributed by atoms with van der Waals surface area (Å²) in [6.07, 6.45) is 0.867. The zero-order valence-corrected chi connectivity index (χ0v) is 12.7. The van der Waals surface area contributed by atoms with Crippen molar-refractivity contribution >= 4 is 18.0 Å². The number of hydrogen-bond donors (Lipinski definition) is 1. The maximum absolute atomic E-state index is 12.1. The van der Waals surface area contributed by atoms with E-state index in [1.165, 1.54) is 18.2 Å². The Balaban J connectivity index is 2.91. The molecule has 0 saturated carbocycles. The van der Waals surface area contributed by atoms with Gasteiger partial charge in [0.05, 0.1) is 19.4 Å². The van der Waals surface area contributed by atoms with Crippen LogP contribution in [0.4, 0.5) is 4.79 Å². The molecule has 0 aliphatic carbocycles. The van der Waals surface area contributed by atoms with E-state index in [-0.39, 0.29) is 19.4 Å². The van der Waals surface area contributed by atoms with E-state index in [2.05, 4.69) is 4.74 Å². The van der Waals surface area contributed by atoms with Gasteiger partial charge in [-0.1, -0.05) is 0 Å². The zero-order valence-electron chi connectivity index (χ0n) is 12.7. The van der Waals surface area contributed by atoms with E-state index < -0.39 is 29.6 Å². The van der Waals surface area contributed by atoms with E-state index in [9.17, 15) is 14.4 Å². The molecular formula is C14H21NO6. The number of ether oxygens (including phenoxy) is 2. The fourth-order valence-electron chi connectivity index (χ4n) is 2.03. The lowest BCUT2D eigenvalue weighted by molar-refractivity contribution is -0.146. The summed E-state index contributed by atoms with van der Waals surface area (Å²) in [5.41, 5.74) is -0.189. The van der Waals surface area contributed by atoms with E-state index in [1.54, 1.807) is 20.8 Å². The lowest BCUT2D eigenvalue weighted by Crippen LogP contribution is -2.41. The van der Waals surface area contributed by atoms with Gasteiger partial charge in [-0.15, -0.1) is 0 Å². The van der Waals surface area contributed by atoms with Crippen molar-refractivity contribution in [2.24, 2.45) is 5.92 Å². The molecule has 0 aromatic carbocycles. The van der Waals surface area contributed by atoms with Crippen LogP contribution in [0.15, 0.2) is 11.8 Å². The van der Waals surface area contributed by atoms with Crippen molar-refractivity contribution in [3.8, 4) is 0 Å². The Hall–Kier alpha value is -2.05. The van der Waals surface area contributed by atoms with Gasteiger partial charge < -0.3 is 14.6 Å². The van der Waals surface area contributed by atoms with Crippen LogP contribution in [-0.2, 0) is 19.1 Å². The number of carbonyl (C=O) groups excluding carboxylic acids is 2. The fourth-order valence-corrected chi connectivity index (χ4v) is 2.03. The van der Waals surface area contributed by atoms with Gasteiger partial charge in [-0.3, -0.25) is 14.5 Å². The molecule has 0 bridgehead atoms. The second-order valence-corrected chi connectivity index (χ2v) is 5.91. The Bertz CT molecular complexity index is 463. The molecular weight excluding hydrogens is 278 g/mol. The van der Waals surface area contributed by atoms with Gasteiger partial charge in [-0.2, -0.15) is 0 Å². The monoisotopic (exact) mass is 299 g/mol. The molecule has 0 aromatic heterocycles. The summed E-state index contributed by atoms with van der Waals surface area (Å²) in [4.78, 5) is 35.8. The van der Waals surface area contributed by atoms with Crippen molar-refractivity contribution < 1.29 is 29.0 Å². The van der Waals surface area contributed by atoms with Crippen molar-refractivity contribution in [1.82, 2.24) is 4.90 Å². The molecule has 118 valence electrons. The van der Waals surface area contributed by atoms with E-state index in [4.69, 9.17) is 9.84 Å². The van der Waals surface area contributed by atoms with Crippen molar-refractivity contribution in [3.05, 3.63) is 11.8 Å². The predicted molar refractivity (Wildman–Crippen MR) is 73.4 cm³/mol. The second kappa shape index (κ2) is 6.60. The first-order chi connectivity index (χ1) is 9.62.